The van der Waals surface area contributed by atoms with Crippen LogP contribution in [0.15, 0.2) is 41.3 Å². The first-order valence-electron chi connectivity index (χ1n) is 9.79. The summed E-state index contributed by atoms with van der Waals surface area (Å²) in [6.07, 6.45) is 1.78. The van der Waals surface area contributed by atoms with Crippen LogP contribution in [0.25, 0.3) is 0 Å². The van der Waals surface area contributed by atoms with E-state index in [4.69, 9.17) is 0 Å². The van der Waals surface area contributed by atoms with E-state index in [-0.39, 0.29) is 16.8 Å². The van der Waals surface area contributed by atoms with Crippen molar-refractivity contribution >= 4 is 21.6 Å². The second-order valence-electron chi connectivity index (χ2n) is 7.37. The van der Waals surface area contributed by atoms with Crippen LogP contribution in [0.1, 0.15) is 55.0 Å². The monoisotopic (exact) mass is 400 g/mol. The van der Waals surface area contributed by atoms with E-state index < -0.39 is 10.0 Å². The zero-order valence-corrected chi connectivity index (χ0v) is 17.8. The van der Waals surface area contributed by atoms with Gasteiger partial charge < -0.3 is 4.90 Å². The zero-order valence-electron chi connectivity index (χ0n) is 17.0. The van der Waals surface area contributed by atoms with Gasteiger partial charge in [0, 0.05) is 24.7 Å². The molecule has 1 N–H and O–H groups in total. The molecule has 3 rings (SSSR count). The van der Waals surface area contributed by atoms with Gasteiger partial charge in [0.25, 0.3) is 0 Å². The second kappa shape index (κ2) is 8.05. The Balaban J connectivity index is 1.86. The number of nitrogens with one attached hydrogen (secondary N) is 1. The molecule has 0 unspecified atom stereocenters. The molecule has 0 saturated heterocycles. The molecule has 0 aliphatic carbocycles. The summed E-state index contributed by atoms with van der Waals surface area (Å²) >= 11 is 0. The largest absolute Gasteiger partial charge is 0.312 e. The van der Waals surface area contributed by atoms with E-state index in [1.807, 2.05) is 45.9 Å². The Morgan fingerprint density at radius 1 is 1.11 bits per heavy atom. The van der Waals surface area contributed by atoms with Crippen LogP contribution in [0.2, 0.25) is 0 Å². The van der Waals surface area contributed by atoms with E-state index in [0.717, 1.165) is 22.4 Å². The number of amides is 1. The molecule has 1 atom stereocenters. The molecule has 2 aromatic carbocycles. The van der Waals surface area contributed by atoms with Crippen molar-refractivity contribution in [1.82, 2.24) is 4.72 Å². The van der Waals surface area contributed by atoms with Gasteiger partial charge in [0.1, 0.15) is 0 Å². The van der Waals surface area contributed by atoms with Gasteiger partial charge >= 0.3 is 0 Å². The molecule has 150 valence electrons. The third-order valence-electron chi connectivity index (χ3n) is 5.50. The number of carbonyl (C=O) groups excluding carboxylic acids is 1. The highest BCUT2D eigenvalue weighted by Gasteiger charge is 2.27. The topological polar surface area (TPSA) is 66.5 Å². The first kappa shape index (κ1) is 20.6. The third kappa shape index (κ3) is 3.98. The molecule has 1 aliphatic heterocycles. The molecule has 5 nitrogen and oxygen atoms in total. The molecular formula is C22H28N2O3S. The fourth-order valence-corrected chi connectivity index (χ4v) is 4.98. The van der Waals surface area contributed by atoms with Crippen LogP contribution < -0.4 is 9.62 Å². The molecule has 0 saturated carbocycles. The SMILES string of the molecule is CCC(=O)N1CCc2cc(S(=O)(=O)N[C@H](CC)c3ccc(C)c(C)c3)ccc21. The Hall–Kier alpha value is -2.18. The van der Waals surface area contributed by atoms with Crippen molar-refractivity contribution in [3.63, 3.8) is 0 Å². The van der Waals surface area contributed by atoms with Crippen LogP contribution in [0.4, 0.5) is 5.69 Å². The Bertz CT molecular complexity index is 999. The molecule has 0 radical (unpaired) electrons. The first-order valence-corrected chi connectivity index (χ1v) is 11.3. The molecule has 28 heavy (non-hydrogen) atoms. The lowest BCUT2D eigenvalue weighted by Crippen LogP contribution is -2.29. The number of nitrogens with zero attached hydrogens (tertiary/aromatic N) is 1. The predicted octanol–water partition coefficient (Wildman–Crippen LogP) is 4.03. The maximum absolute atomic E-state index is 13.0. The predicted molar refractivity (Wildman–Crippen MR) is 112 cm³/mol. The standard InChI is InChI=1S/C22H28N2O3S/c1-5-20(17-8-7-15(3)16(4)13-17)23-28(26,27)19-9-10-21-18(14-19)11-12-24(21)22(25)6-2/h7-10,13-14,20,23H,5-6,11-12H2,1-4H3/t20-/m1/s1. The van der Waals surface area contributed by atoms with E-state index >= 15 is 0 Å². The van der Waals surface area contributed by atoms with Gasteiger partial charge in [-0.3, -0.25) is 4.79 Å². The van der Waals surface area contributed by atoms with Gasteiger partial charge in [-0.05, 0) is 67.1 Å². The lowest BCUT2D eigenvalue weighted by molar-refractivity contribution is -0.118. The van der Waals surface area contributed by atoms with E-state index in [1.54, 1.807) is 23.1 Å². The van der Waals surface area contributed by atoms with Crippen LogP contribution in [-0.4, -0.2) is 20.9 Å². The van der Waals surface area contributed by atoms with Crippen LogP contribution in [0.5, 0.6) is 0 Å². The molecule has 0 aromatic heterocycles. The van der Waals surface area contributed by atoms with Crippen LogP contribution in [0, 0.1) is 13.8 Å². The quantitative estimate of drug-likeness (QED) is 0.796. The lowest BCUT2D eigenvalue weighted by atomic mass is 10.0. The molecule has 0 bridgehead atoms. The smallest absolute Gasteiger partial charge is 0.241 e. The number of rotatable bonds is 6. The number of sulfonamides is 1. The Kier molecular flexibility index (Phi) is 5.91. The van der Waals surface area contributed by atoms with Crippen molar-refractivity contribution in [2.75, 3.05) is 11.4 Å². The van der Waals surface area contributed by atoms with Crippen molar-refractivity contribution in [3.8, 4) is 0 Å². The van der Waals surface area contributed by atoms with E-state index in [9.17, 15) is 13.2 Å². The van der Waals surface area contributed by atoms with E-state index in [0.29, 0.717) is 25.8 Å². The van der Waals surface area contributed by atoms with E-state index in [2.05, 4.69) is 4.72 Å². The van der Waals surface area contributed by atoms with Gasteiger partial charge in [-0.2, -0.15) is 0 Å². The summed E-state index contributed by atoms with van der Waals surface area (Å²) in [6.45, 7) is 8.49. The molecule has 1 heterocycles. The maximum Gasteiger partial charge on any atom is 0.241 e. The molecular weight excluding hydrogens is 372 g/mol. The Morgan fingerprint density at radius 2 is 1.86 bits per heavy atom. The number of carbonyl (C=O) groups is 1. The summed E-state index contributed by atoms with van der Waals surface area (Å²) in [5, 5.41) is 0. The summed E-state index contributed by atoms with van der Waals surface area (Å²) in [4.78, 5) is 14.0. The summed E-state index contributed by atoms with van der Waals surface area (Å²) in [7, 11) is -3.66. The normalized spacial score (nSPS) is 14.8. The average Bonchev–Trinajstić information content (AvgIpc) is 3.11. The fraction of sp³-hybridized carbons (Fsp3) is 0.409. The molecule has 2 aromatic rings. The van der Waals surface area contributed by atoms with Crippen molar-refractivity contribution in [1.29, 1.82) is 0 Å². The summed E-state index contributed by atoms with van der Waals surface area (Å²) < 4.78 is 28.9. The minimum Gasteiger partial charge on any atom is -0.312 e. The van der Waals surface area contributed by atoms with Crippen LogP contribution in [0.3, 0.4) is 0 Å². The Labute approximate surface area is 167 Å². The first-order chi connectivity index (χ1) is 13.3. The van der Waals surface area contributed by atoms with Gasteiger partial charge in [-0.1, -0.05) is 32.0 Å². The maximum atomic E-state index is 13.0. The van der Waals surface area contributed by atoms with Crippen LogP contribution in [-0.2, 0) is 21.2 Å². The van der Waals surface area contributed by atoms with Gasteiger partial charge in [0.2, 0.25) is 15.9 Å². The highest BCUT2D eigenvalue weighted by atomic mass is 32.2. The number of anilines is 1. The van der Waals surface area contributed by atoms with Crippen molar-refractivity contribution < 1.29 is 13.2 Å². The summed E-state index contributed by atoms with van der Waals surface area (Å²) in [6, 6.07) is 10.8. The highest BCUT2D eigenvalue weighted by Crippen LogP contribution is 2.31. The summed E-state index contributed by atoms with van der Waals surface area (Å²) in [5.41, 5.74) is 5.03. The number of hydrogen-bond donors (Lipinski definition) is 1. The van der Waals surface area contributed by atoms with Crippen LogP contribution >= 0.6 is 0 Å². The third-order valence-corrected chi connectivity index (χ3v) is 6.97. The second-order valence-corrected chi connectivity index (χ2v) is 9.08. The number of hydrogen-bond acceptors (Lipinski definition) is 3. The molecule has 6 heteroatoms. The average molecular weight is 401 g/mol. The van der Waals surface area contributed by atoms with Crippen molar-refractivity contribution in [2.24, 2.45) is 0 Å². The highest BCUT2D eigenvalue weighted by molar-refractivity contribution is 7.89. The van der Waals surface area contributed by atoms with Gasteiger partial charge in [-0.15, -0.1) is 0 Å². The van der Waals surface area contributed by atoms with Gasteiger partial charge in [0.15, 0.2) is 0 Å². The molecule has 1 amide bonds. The lowest BCUT2D eigenvalue weighted by Gasteiger charge is -2.20. The van der Waals surface area contributed by atoms with Crippen molar-refractivity contribution in [2.45, 2.75) is 57.9 Å². The minimum absolute atomic E-state index is 0.0632. The fourth-order valence-electron chi connectivity index (χ4n) is 3.62. The summed E-state index contributed by atoms with van der Waals surface area (Å²) in [5.74, 6) is 0.0632. The van der Waals surface area contributed by atoms with Gasteiger partial charge in [0.05, 0.1) is 4.90 Å². The molecule has 0 spiro atoms. The molecule has 0 fully saturated rings. The number of fused-ring (bicyclic) bond motifs is 1. The van der Waals surface area contributed by atoms with E-state index in [1.165, 1.54) is 5.56 Å². The molecule has 1 aliphatic rings. The number of aryl methyl sites for hydroxylation is 2. The minimum atomic E-state index is -3.66. The number of benzene rings is 2. The Morgan fingerprint density at radius 3 is 2.50 bits per heavy atom. The zero-order chi connectivity index (χ0) is 20.5. The van der Waals surface area contributed by atoms with Crippen molar-refractivity contribution in [3.05, 3.63) is 58.7 Å². The van der Waals surface area contributed by atoms with Gasteiger partial charge in [-0.25, -0.2) is 13.1 Å².